The van der Waals surface area contributed by atoms with Crippen LogP contribution in [0.4, 0.5) is 20.8 Å². The van der Waals surface area contributed by atoms with Crippen LogP contribution >= 0.6 is 23.2 Å². The van der Waals surface area contributed by atoms with Gasteiger partial charge in [-0.15, -0.1) is 0 Å². The van der Waals surface area contributed by atoms with Crippen LogP contribution in [-0.2, 0) is 32.2 Å². The Kier molecular flexibility index (Phi) is 18.2. The molecular formula is C60H64Cl2FN13O8. The zero-order valence-corrected chi connectivity index (χ0v) is 48.5. The number of piperazine rings is 1. The van der Waals surface area contributed by atoms with Crippen molar-refractivity contribution in [2.45, 2.75) is 70.4 Å². The van der Waals surface area contributed by atoms with E-state index in [2.05, 4.69) is 21.5 Å². The molecule has 10 rings (SSSR count). The first-order chi connectivity index (χ1) is 40.6. The number of aliphatic imine (C=N–C) groups is 1. The summed E-state index contributed by atoms with van der Waals surface area (Å²) in [6, 6.07) is 24.4. The summed E-state index contributed by atoms with van der Waals surface area (Å²) >= 11 is 12.7. The molecule has 0 spiro atoms. The number of halogens is 3. The molecule has 4 aliphatic heterocycles. The molecule has 438 valence electrons. The van der Waals surface area contributed by atoms with E-state index >= 15 is 4.79 Å². The first kappa shape index (κ1) is 58.8. The number of hydrogen-bond donors (Lipinski definition) is 2. The van der Waals surface area contributed by atoms with Gasteiger partial charge in [-0.25, -0.2) is 19.2 Å². The molecule has 2 fully saturated rings. The smallest absolute Gasteiger partial charge is 0.326 e. The van der Waals surface area contributed by atoms with Gasteiger partial charge in [-0.2, -0.15) is 10.4 Å². The van der Waals surface area contributed by atoms with Gasteiger partial charge in [0.25, 0.3) is 5.91 Å². The fraction of sp³-hybridized carbons (Fsp3) is 0.383. The second kappa shape index (κ2) is 26.1. The molecule has 3 N–H and O–H groups in total. The van der Waals surface area contributed by atoms with Gasteiger partial charge in [0, 0.05) is 67.9 Å². The minimum atomic E-state index is -0.643. The standard InChI is InChI=1S/C60H64Cl2FN13O8/c1-36(2)84-50-31-42(81-4)16-18-44(50)57-69-54(37-7-11-39(61)12-8-37)55(38-9-13-40(62)14-10-38)76(57)60(80)73-24-23-72(52(78)35-73)25-27-83-29-28-82-26-19-51(77)66-20-22-75-49-34-71(3)59(79)43-17-15-41(63)30-45(43)48-6-5-21-74(48)58-56(65)67-33-47(68-58)53(49)46(32-64)70-75/h7-18,30-31,33,36,48,54-55H,5-6,19-29,34-35H2,1-4H3,(H2,65,67)(H,66,77)/t48-,54+,55-/m1/s1. The van der Waals surface area contributed by atoms with Crippen molar-refractivity contribution in [1.82, 2.24) is 44.7 Å². The van der Waals surface area contributed by atoms with Crippen molar-refractivity contribution in [3.05, 3.63) is 146 Å². The van der Waals surface area contributed by atoms with Gasteiger partial charge in [-0.05, 0) is 98.0 Å². The Balaban J connectivity index is 0.717. The topological polar surface area (TPSA) is 239 Å². The number of amides is 5. The van der Waals surface area contributed by atoms with E-state index in [1.165, 1.54) is 29.3 Å². The maximum atomic E-state index is 15.1. The van der Waals surface area contributed by atoms with Crippen LogP contribution in [-0.4, -0.2) is 155 Å². The number of rotatable bonds is 18. The number of nitrogens with zero attached hydrogens (tertiary/aromatic N) is 11. The number of methoxy groups -OCH3 is 1. The molecule has 84 heavy (non-hydrogen) atoms. The van der Waals surface area contributed by atoms with Crippen LogP contribution in [0.3, 0.4) is 0 Å². The van der Waals surface area contributed by atoms with Gasteiger partial charge < -0.3 is 49.6 Å². The minimum absolute atomic E-state index is 0.00588. The average molecular weight is 1190 g/mol. The Morgan fingerprint density at radius 2 is 1.62 bits per heavy atom. The third-order valence-electron chi connectivity index (χ3n) is 15.1. The van der Waals surface area contributed by atoms with E-state index in [1.807, 2.05) is 49.1 Å². The van der Waals surface area contributed by atoms with Crippen LogP contribution in [0.25, 0.3) is 11.3 Å². The molecule has 2 saturated heterocycles. The molecule has 6 heterocycles. The van der Waals surface area contributed by atoms with Crippen molar-refractivity contribution >= 4 is 64.4 Å². The normalized spacial score (nSPS) is 17.7. The van der Waals surface area contributed by atoms with Crippen molar-refractivity contribution in [3.63, 3.8) is 0 Å². The Bertz CT molecular complexity index is 3510. The number of carbonyl (C=O) groups is 4. The molecule has 21 nitrogen and oxygen atoms in total. The van der Waals surface area contributed by atoms with Crippen LogP contribution in [0.2, 0.25) is 10.0 Å². The van der Waals surface area contributed by atoms with E-state index in [1.54, 1.807) is 69.9 Å². The number of amidine groups is 1. The van der Waals surface area contributed by atoms with Gasteiger partial charge in [0.05, 0.1) is 93.5 Å². The van der Waals surface area contributed by atoms with Crippen LogP contribution in [0, 0.1) is 17.1 Å². The quantitative estimate of drug-likeness (QED) is 0.0776. The predicted octanol–water partition coefficient (Wildman–Crippen LogP) is 8.01. The van der Waals surface area contributed by atoms with Gasteiger partial charge in [0.2, 0.25) is 11.8 Å². The number of urea groups is 1. The number of anilines is 2. The molecule has 5 amide bonds. The first-order valence-electron chi connectivity index (χ1n) is 27.8. The molecule has 4 aromatic carbocycles. The second-order valence-corrected chi connectivity index (χ2v) is 21.8. The summed E-state index contributed by atoms with van der Waals surface area (Å²) < 4.78 is 39.8. The molecular weight excluding hydrogens is 1120 g/mol. The highest BCUT2D eigenvalue weighted by molar-refractivity contribution is 6.30. The number of aromatic nitrogens is 4. The third kappa shape index (κ3) is 12.7. The molecule has 6 aromatic rings. The van der Waals surface area contributed by atoms with Crippen LogP contribution in [0.15, 0.2) is 96.1 Å². The largest absolute Gasteiger partial charge is 0.497 e. The molecule has 0 aliphatic carbocycles. The highest BCUT2D eigenvalue weighted by Crippen LogP contribution is 2.47. The molecule has 0 unspecified atom stereocenters. The highest BCUT2D eigenvalue weighted by atomic mass is 35.5. The third-order valence-corrected chi connectivity index (χ3v) is 15.6. The number of nitrogens with two attached hydrogens (primary N) is 1. The lowest BCUT2D eigenvalue weighted by Crippen LogP contribution is -2.56. The zero-order valence-electron chi connectivity index (χ0n) is 47.0. The van der Waals surface area contributed by atoms with E-state index in [4.69, 9.17) is 57.9 Å². The maximum Gasteiger partial charge on any atom is 0.326 e. The Hall–Kier alpha value is -8.36. The van der Waals surface area contributed by atoms with Gasteiger partial charge in [0.1, 0.15) is 41.8 Å². The predicted molar refractivity (Wildman–Crippen MR) is 312 cm³/mol. The number of fused-ring (bicyclic) bond motifs is 8. The Morgan fingerprint density at radius 1 is 0.893 bits per heavy atom. The lowest BCUT2D eigenvalue weighted by atomic mass is 9.93. The number of nitrogen functional groups attached to an aromatic ring is 1. The van der Waals surface area contributed by atoms with Crippen molar-refractivity contribution in [3.8, 4) is 28.8 Å². The molecule has 0 saturated carbocycles. The van der Waals surface area contributed by atoms with E-state index in [9.17, 15) is 24.0 Å². The van der Waals surface area contributed by atoms with Crippen molar-refractivity contribution < 1.29 is 42.5 Å². The number of carbonyl (C=O) groups excluding carboxylic acids is 4. The molecule has 4 aliphatic rings. The molecule has 3 atom stereocenters. The van der Waals surface area contributed by atoms with E-state index in [0.717, 1.165) is 17.5 Å². The minimum Gasteiger partial charge on any atom is -0.497 e. The molecule has 0 radical (unpaired) electrons. The van der Waals surface area contributed by atoms with Gasteiger partial charge in [0.15, 0.2) is 17.3 Å². The van der Waals surface area contributed by atoms with Crippen LogP contribution in [0.1, 0.15) is 95.2 Å². The van der Waals surface area contributed by atoms with Crippen molar-refractivity contribution in [2.75, 3.05) is 90.5 Å². The second-order valence-electron chi connectivity index (χ2n) is 21.0. The molecule has 24 heteroatoms. The number of nitrogens with one attached hydrogen (secondary N) is 1. The summed E-state index contributed by atoms with van der Waals surface area (Å²) in [5.41, 5.74) is 10.7. The first-order valence-corrected chi connectivity index (χ1v) is 28.5. The average Bonchev–Trinajstić information content (AvgIpc) is 4.09. The summed E-state index contributed by atoms with van der Waals surface area (Å²) in [7, 11) is 3.20. The SMILES string of the molecule is COc1ccc(C2=N[C@@H](c3ccc(Cl)cc3)[C@@H](c3ccc(Cl)cc3)N2C(=O)N2CCN(CCOCCOCCC(=O)NCCn3nc(C#N)c4c3CN(C)C(=O)c3ccc(F)cc3[C@H]3CCCN3c3nc-4cnc3N)C(=O)C2)c(OC(C)C)c1. The highest BCUT2D eigenvalue weighted by Gasteiger charge is 2.46. The van der Waals surface area contributed by atoms with Gasteiger partial charge in [-0.1, -0.05) is 47.5 Å². The van der Waals surface area contributed by atoms with Gasteiger partial charge >= 0.3 is 6.03 Å². The summed E-state index contributed by atoms with van der Waals surface area (Å²) in [4.78, 5) is 79.0. The molecule has 2 bridgehead atoms. The Labute approximate surface area is 495 Å². The van der Waals surface area contributed by atoms with Crippen molar-refractivity contribution in [2.24, 2.45) is 4.99 Å². The van der Waals surface area contributed by atoms with Crippen LogP contribution < -0.4 is 25.4 Å². The monoisotopic (exact) mass is 1180 g/mol. The fourth-order valence-electron chi connectivity index (χ4n) is 11.1. The number of ether oxygens (including phenoxy) is 4. The summed E-state index contributed by atoms with van der Waals surface area (Å²) in [5, 5.41) is 18.9. The summed E-state index contributed by atoms with van der Waals surface area (Å²) in [5.74, 6) is 0.601. The summed E-state index contributed by atoms with van der Waals surface area (Å²) in [6.45, 7) is 6.03. The Morgan fingerprint density at radius 3 is 2.33 bits per heavy atom. The van der Waals surface area contributed by atoms with E-state index < -0.39 is 23.9 Å². The van der Waals surface area contributed by atoms with Gasteiger partial charge in [-0.3, -0.25) is 29.0 Å². The lowest BCUT2D eigenvalue weighted by molar-refractivity contribution is -0.135. The molecule has 2 aromatic heterocycles. The fourth-order valence-corrected chi connectivity index (χ4v) is 11.3. The number of benzene rings is 4. The van der Waals surface area contributed by atoms with E-state index in [0.29, 0.717) is 79.8 Å². The maximum absolute atomic E-state index is 15.1. The zero-order chi connectivity index (χ0) is 59.2. The number of hydrogen-bond acceptors (Lipinski definition) is 15. The summed E-state index contributed by atoms with van der Waals surface area (Å²) in [6.07, 6.45) is 2.70. The van der Waals surface area contributed by atoms with E-state index in [-0.39, 0.29) is 120 Å². The van der Waals surface area contributed by atoms with Crippen LogP contribution in [0.5, 0.6) is 11.5 Å². The van der Waals surface area contributed by atoms with Crippen molar-refractivity contribution in [1.29, 1.82) is 5.26 Å². The lowest BCUT2D eigenvalue weighted by Gasteiger charge is -2.38. The number of nitriles is 1.